The predicted molar refractivity (Wildman–Crippen MR) is 63.9 cm³/mol. The molecule has 0 bridgehead atoms. The molecule has 0 aliphatic rings. The molecule has 88 valence electrons. The first kappa shape index (κ1) is 11.8. The molecule has 0 unspecified atom stereocenters. The van der Waals surface area contributed by atoms with Crippen LogP contribution in [0.3, 0.4) is 0 Å². The average Bonchev–Trinajstić information content (AvgIpc) is 2.82. The fourth-order valence-electron chi connectivity index (χ4n) is 1.32. The quantitative estimate of drug-likeness (QED) is 0.913. The van der Waals surface area contributed by atoms with Gasteiger partial charge >= 0.3 is 0 Å². The standard InChI is InChI=1S/C11H9BrFN3O/c12-10-2-1-7(13)3-9(10)11(17)15-5-8-4-14-6-16-8/h1-4,6H,5H2,(H,14,16)(H,15,17). The van der Waals surface area contributed by atoms with E-state index in [2.05, 4.69) is 31.2 Å². The molecule has 0 radical (unpaired) electrons. The zero-order valence-electron chi connectivity index (χ0n) is 8.71. The molecule has 1 aromatic carbocycles. The van der Waals surface area contributed by atoms with Gasteiger partial charge in [0, 0.05) is 10.7 Å². The Bertz CT molecular complexity index is 528. The SMILES string of the molecule is O=C(NCc1cnc[nH]1)c1cc(F)ccc1Br. The third kappa shape index (κ3) is 2.91. The molecule has 0 spiro atoms. The fraction of sp³-hybridized carbons (Fsp3) is 0.0909. The van der Waals surface area contributed by atoms with Crippen LogP contribution in [-0.4, -0.2) is 15.9 Å². The highest BCUT2D eigenvalue weighted by Gasteiger charge is 2.10. The fourth-order valence-corrected chi connectivity index (χ4v) is 1.75. The van der Waals surface area contributed by atoms with E-state index < -0.39 is 5.82 Å². The zero-order valence-corrected chi connectivity index (χ0v) is 10.3. The third-order valence-corrected chi connectivity index (χ3v) is 2.86. The summed E-state index contributed by atoms with van der Waals surface area (Å²) in [5, 5.41) is 2.66. The van der Waals surface area contributed by atoms with Gasteiger partial charge in [-0.25, -0.2) is 9.37 Å². The summed E-state index contributed by atoms with van der Waals surface area (Å²) in [6.07, 6.45) is 3.14. The maximum Gasteiger partial charge on any atom is 0.252 e. The lowest BCUT2D eigenvalue weighted by atomic mass is 10.2. The summed E-state index contributed by atoms with van der Waals surface area (Å²) in [5.41, 5.74) is 1.05. The van der Waals surface area contributed by atoms with Crippen molar-refractivity contribution >= 4 is 21.8 Å². The molecule has 1 amide bonds. The molecular formula is C11H9BrFN3O. The van der Waals surface area contributed by atoms with Crippen molar-refractivity contribution in [1.82, 2.24) is 15.3 Å². The number of hydrogen-bond acceptors (Lipinski definition) is 2. The molecule has 1 aromatic heterocycles. The second-order valence-electron chi connectivity index (χ2n) is 3.38. The Morgan fingerprint density at radius 3 is 3.06 bits per heavy atom. The maximum atomic E-state index is 13.0. The first-order valence-corrected chi connectivity index (χ1v) is 5.66. The van der Waals surface area contributed by atoms with Crippen LogP contribution in [0, 0.1) is 5.82 Å². The van der Waals surface area contributed by atoms with Crippen molar-refractivity contribution in [3.63, 3.8) is 0 Å². The molecule has 0 fully saturated rings. The number of H-pyrrole nitrogens is 1. The summed E-state index contributed by atoms with van der Waals surface area (Å²) >= 11 is 3.20. The van der Waals surface area contributed by atoms with Crippen molar-refractivity contribution in [1.29, 1.82) is 0 Å². The predicted octanol–water partition coefficient (Wildman–Crippen LogP) is 2.24. The van der Waals surface area contributed by atoms with Crippen LogP contribution in [0.15, 0.2) is 35.2 Å². The van der Waals surface area contributed by atoms with E-state index in [0.29, 0.717) is 11.0 Å². The third-order valence-electron chi connectivity index (χ3n) is 2.17. The maximum absolute atomic E-state index is 13.0. The smallest absolute Gasteiger partial charge is 0.252 e. The van der Waals surface area contributed by atoms with Gasteiger partial charge < -0.3 is 10.3 Å². The molecule has 4 nitrogen and oxygen atoms in total. The van der Waals surface area contributed by atoms with Gasteiger partial charge in [0.05, 0.1) is 24.1 Å². The van der Waals surface area contributed by atoms with Gasteiger partial charge in [-0.1, -0.05) is 0 Å². The number of carbonyl (C=O) groups excluding carboxylic acids is 1. The topological polar surface area (TPSA) is 57.8 Å². The number of carbonyl (C=O) groups is 1. The minimum absolute atomic E-state index is 0.268. The molecule has 17 heavy (non-hydrogen) atoms. The lowest BCUT2D eigenvalue weighted by molar-refractivity contribution is 0.0949. The monoisotopic (exact) mass is 297 g/mol. The lowest BCUT2D eigenvalue weighted by Gasteiger charge is -2.05. The van der Waals surface area contributed by atoms with Crippen LogP contribution in [0.1, 0.15) is 16.1 Å². The highest BCUT2D eigenvalue weighted by molar-refractivity contribution is 9.10. The number of aromatic amines is 1. The Hall–Kier alpha value is -1.69. The largest absolute Gasteiger partial charge is 0.347 e. The van der Waals surface area contributed by atoms with E-state index in [9.17, 15) is 9.18 Å². The number of rotatable bonds is 3. The number of halogens is 2. The first-order chi connectivity index (χ1) is 8.16. The molecule has 0 saturated carbocycles. The van der Waals surface area contributed by atoms with Crippen molar-refractivity contribution in [3.05, 3.63) is 52.3 Å². The van der Waals surface area contributed by atoms with Crippen LogP contribution >= 0.6 is 15.9 Å². The van der Waals surface area contributed by atoms with E-state index in [-0.39, 0.29) is 11.5 Å². The molecule has 2 aromatic rings. The second-order valence-corrected chi connectivity index (χ2v) is 4.24. The van der Waals surface area contributed by atoms with Crippen molar-refractivity contribution in [2.24, 2.45) is 0 Å². The Kier molecular flexibility index (Phi) is 3.53. The van der Waals surface area contributed by atoms with Gasteiger partial charge in [-0.15, -0.1) is 0 Å². The molecule has 0 atom stereocenters. The minimum atomic E-state index is -0.445. The molecule has 1 heterocycles. The number of nitrogens with one attached hydrogen (secondary N) is 2. The van der Waals surface area contributed by atoms with Gasteiger partial charge in [-0.05, 0) is 34.1 Å². The lowest BCUT2D eigenvalue weighted by Crippen LogP contribution is -2.23. The zero-order chi connectivity index (χ0) is 12.3. The van der Waals surface area contributed by atoms with E-state index in [1.165, 1.54) is 24.5 Å². The number of imidazole rings is 1. The van der Waals surface area contributed by atoms with Gasteiger partial charge in [0.1, 0.15) is 5.82 Å². The summed E-state index contributed by atoms with van der Waals surface area (Å²) in [6, 6.07) is 3.97. The molecule has 6 heteroatoms. The van der Waals surface area contributed by atoms with Crippen molar-refractivity contribution < 1.29 is 9.18 Å². The van der Waals surface area contributed by atoms with Crippen molar-refractivity contribution in [3.8, 4) is 0 Å². The van der Waals surface area contributed by atoms with Gasteiger partial charge in [0.15, 0.2) is 0 Å². The van der Waals surface area contributed by atoms with E-state index in [1.54, 1.807) is 6.20 Å². The highest BCUT2D eigenvalue weighted by Crippen LogP contribution is 2.17. The van der Waals surface area contributed by atoms with E-state index >= 15 is 0 Å². The minimum Gasteiger partial charge on any atom is -0.347 e. The summed E-state index contributed by atoms with van der Waals surface area (Å²) in [7, 11) is 0. The summed E-state index contributed by atoms with van der Waals surface area (Å²) in [4.78, 5) is 18.5. The van der Waals surface area contributed by atoms with Crippen LogP contribution in [0.4, 0.5) is 4.39 Å². The number of benzene rings is 1. The molecule has 0 saturated heterocycles. The Morgan fingerprint density at radius 2 is 2.35 bits per heavy atom. The Labute approximate surface area is 105 Å². The highest BCUT2D eigenvalue weighted by atomic mass is 79.9. The van der Waals surface area contributed by atoms with E-state index in [4.69, 9.17) is 0 Å². The Morgan fingerprint density at radius 1 is 1.53 bits per heavy atom. The summed E-state index contributed by atoms with van der Waals surface area (Å²) < 4.78 is 13.6. The van der Waals surface area contributed by atoms with Gasteiger partial charge in [0.25, 0.3) is 5.91 Å². The average molecular weight is 298 g/mol. The van der Waals surface area contributed by atoms with Gasteiger partial charge in [0.2, 0.25) is 0 Å². The normalized spacial score (nSPS) is 10.2. The number of aromatic nitrogens is 2. The number of amides is 1. The van der Waals surface area contributed by atoms with E-state index in [0.717, 1.165) is 5.69 Å². The second kappa shape index (κ2) is 5.09. The molecule has 0 aliphatic carbocycles. The summed E-state index contributed by atoms with van der Waals surface area (Å²) in [6.45, 7) is 0.321. The van der Waals surface area contributed by atoms with Crippen LogP contribution in [0.5, 0.6) is 0 Å². The van der Waals surface area contributed by atoms with Crippen LogP contribution in [0.25, 0.3) is 0 Å². The van der Waals surface area contributed by atoms with Gasteiger partial charge in [-0.3, -0.25) is 4.79 Å². The molecule has 2 N–H and O–H groups in total. The molecule has 0 aliphatic heterocycles. The molecular weight excluding hydrogens is 289 g/mol. The van der Waals surface area contributed by atoms with E-state index in [1.807, 2.05) is 0 Å². The van der Waals surface area contributed by atoms with Gasteiger partial charge in [-0.2, -0.15) is 0 Å². The molecule has 2 rings (SSSR count). The van der Waals surface area contributed by atoms with Crippen LogP contribution in [-0.2, 0) is 6.54 Å². The van der Waals surface area contributed by atoms with Crippen molar-refractivity contribution in [2.75, 3.05) is 0 Å². The van der Waals surface area contributed by atoms with Crippen molar-refractivity contribution in [2.45, 2.75) is 6.54 Å². The Balaban J connectivity index is 2.07. The summed E-state index contributed by atoms with van der Waals surface area (Å²) in [5.74, 6) is -0.786. The van der Waals surface area contributed by atoms with Crippen LogP contribution < -0.4 is 5.32 Å². The first-order valence-electron chi connectivity index (χ1n) is 4.87. The number of nitrogens with zero attached hydrogens (tertiary/aromatic N) is 1. The number of hydrogen-bond donors (Lipinski definition) is 2. The van der Waals surface area contributed by atoms with Crippen LogP contribution in [0.2, 0.25) is 0 Å².